The lowest BCUT2D eigenvalue weighted by Crippen LogP contribution is -2.43. The zero-order valence-corrected chi connectivity index (χ0v) is 21.7. The highest BCUT2D eigenvalue weighted by Gasteiger charge is 2.31. The third kappa shape index (κ3) is 5.46. The van der Waals surface area contributed by atoms with Crippen LogP contribution in [-0.2, 0) is 11.3 Å². The molecule has 3 unspecified atom stereocenters. The topological polar surface area (TPSA) is 58.6 Å². The van der Waals surface area contributed by atoms with Crippen LogP contribution >= 0.6 is 0 Å². The second-order valence-electron chi connectivity index (χ2n) is 10.4. The highest BCUT2D eigenvalue weighted by Crippen LogP contribution is 2.36. The average molecular weight is 495 g/mol. The second kappa shape index (κ2) is 10.6. The normalized spacial score (nSPS) is 22.4. The highest BCUT2D eigenvalue weighted by molar-refractivity contribution is 6.09. The Balaban J connectivity index is 1.34. The standard InChI is InChI=1S/C32H34N2O3/c1-21-8-6-10-25(18-21)20-34-28-12-4-5-13-29(28)37-30(32(34)36)19-24-14-16-26(17-15-24)31(35)33-27-11-7-9-22(2)23(27)3/h4-6,8,10,12-19,22-23,27H,7,9,11,20H2,1-3H3,(H,33,35)/b30-19+. The van der Waals surface area contributed by atoms with Gasteiger partial charge >= 0.3 is 0 Å². The molecular weight excluding hydrogens is 460 g/mol. The third-order valence-electron chi connectivity index (χ3n) is 7.75. The number of hydrogen-bond donors (Lipinski definition) is 1. The Kier molecular flexibility index (Phi) is 7.13. The summed E-state index contributed by atoms with van der Waals surface area (Å²) in [5, 5.41) is 3.23. The number of anilines is 1. The van der Waals surface area contributed by atoms with Crippen molar-refractivity contribution >= 4 is 23.6 Å². The van der Waals surface area contributed by atoms with Crippen molar-refractivity contribution in [2.24, 2.45) is 11.8 Å². The fourth-order valence-corrected chi connectivity index (χ4v) is 5.33. The Morgan fingerprint density at radius 2 is 1.81 bits per heavy atom. The number of benzene rings is 3. The van der Waals surface area contributed by atoms with Crippen LogP contribution in [0.2, 0.25) is 0 Å². The summed E-state index contributed by atoms with van der Waals surface area (Å²) in [6.07, 6.45) is 5.15. The molecule has 2 amide bonds. The predicted molar refractivity (Wildman–Crippen MR) is 147 cm³/mol. The van der Waals surface area contributed by atoms with E-state index in [-0.39, 0.29) is 23.6 Å². The van der Waals surface area contributed by atoms with Gasteiger partial charge in [-0.05, 0) is 66.6 Å². The van der Waals surface area contributed by atoms with Crippen LogP contribution in [0.5, 0.6) is 5.75 Å². The third-order valence-corrected chi connectivity index (χ3v) is 7.75. The number of fused-ring (bicyclic) bond motifs is 1. The van der Waals surface area contributed by atoms with Gasteiger partial charge in [-0.15, -0.1) is 0 Å². The molecule has 5 heteroatoms. The summed E-state index contributed by atoms with van der Waals surface area (Å²) < 4.78 is 6.03. The molecule has 1 fully saturated rings. The highest BCUT2D eigenvalue weighted by atomic mass is 16.5. The molecule has 5 rings (SSSR count). The zero-order valence-electron chi connectivity index (χ0n) is 21.7. The molecule has 1 saturated carbocycles. The summed E-state index contributed by atoms with van der Waals surface area (Å²) >= 11 is 0. The molecule has 0 radical (unpaired) electrons. The van der Waals surface area contributed by atoms with E-state index in [1.807, 2.05) is 73.7 Å². The van der Waals surface area contributed by atoms with Crippen molar-refractivity contribution in [3.63, 3.8) is 0 Å². The predicted octanol–water partition coefficient (Wildman–Crippen LogP) is 6.52. The first-order valence-corrected chi connectivity index (χ1v) is 13.2. The van der Waals surface area contributed by atoms with Gasteiger partial charge in [0.05, 0.1) is 12.2 Å². The largest absolute Gasteiger partial charge is 0.449 e. The lowest BCUT2D eigenvalue weighted by Gasteiger charge is -2.34. The van der Waals surface area contributed by atoms with Gasteiger partial charge in [0.25, 0.3) is 11.8 Å². The van der Waals surface area contributed by atoms with Crippen molar-refractivity contribution in [2.75, 3.05) is 4.90 Å². The van der Waals surface area contributed by atoms with Gasteiger partial charge < -0.3 is 10.1 Å². The smallest absolute Gasteiger partial charge is 0.294 e. The number of rotatable bonds is 5. The van der Waals surface area contributed by atoms with Crippen LogP contribution in [0.25, 0.3) is 6.08 Å². The van der Waals surface area contributed by atoms with E-state index in [0.717, 1.165) is 35.2 Å². The van der Waals surface area contributed by atoms with Gasteiger partial charge in [0, 0.05) is 11.6 Å². The Labute approximate surface area is 219 Å². The van der Waals surface area contributed by atoms with Gasteiger partial charge in [-0.2, -0.15) is 0 Å². The van der Waals surface area contributed by atoms with Crippen molar-refractivity contribution in [2.45, 2.75) is 52.6 Å². The first-order valence-electron chi connectivity index (χ1n) is 13.2. The summed E-state index contributed by atoms with van der Waals surface area (Å²) in [6, 6.07) is 23.3. The maximum atomic E-state index is 13.5. The van der Waals surface area contributed by atoms with Crippen LogP contribution in [0.3, 0.4) is 0 Å². The van der Waals surface area contributed by atoms with Crippen LogP contribution in [0.15, 0.2) is 78.6 Å². The number of carbonyl (C=O) groups excluding carboxylic acids is 2. The van der Waals surface area contributed by atoms with E-state index in [4.69, 9.17) is 4.74 Å². The van der Waals surface area contributed by atoms with E-state index in [1.165, 1.54) is 6.42 Å². The van der Waals surface area contributed by atoms with Crippen molar-refractivity contribution in [3.8, 4) is 5.75 Å². The van der Waals surface area contributed by atoms with Crippen molar-refractivity contribution in [3.05, 3.63) is 101 Å². The summed E-state index contributed by atoms with van der Waals surface area (Å²) in [5.74, 6) is 1.76. The first-order chi connectivity index (χ1) is 17.9. The Morgan fingerprint density at radius 1 is 1.03 bits per heavy atom. The number of nitrogens with one attached hydrogen (secondary N) is 1. The Bertz CT molecular complexity index is 1330. The molecule has 3 aromatic carbocycles. The molecule has 1 aliphatic carbocycles. The van der Waals surface area contributed by atoms with Crippen LogP contribution in [0.4, 0.5) is 5.69 Å². The van der Waals surface area contributed by atoms with Crippen molar-refractivity contribution < 1.29 is 14.3 Å². The van der Waals surface area contributed by atoms with E-state index in [1.54, 1.807) is 11.0 Å². The summed E-state index contributed by atoms with van der Waals surface area (Å²) in [7, 11) is 0. The lowest BCUT2D eigenvalue weighted by atomic mass is 9.78. The number of ether oxygens (including phenoxy) is 1. The molecule has 5 nitrogen and oxygen atoms in total. The fraction of sp³-hybridized carbons (Fsp3) is 0.312. The average Bonchev–Trinajstić information content (AvgIpc) is 2.89. The minimum absolute atomic E-state index is 0.0478. The quantitative estimate of drug-likeness (QED) is 0.411. The van der Waals surface area contributed by atoms with Crippen molar-refractivity contribution in [1.29, 1.82) is 0 Å². The van der Waals surface area contributed by atoms with Crippen LogP contribution < -0.4 is 15.0 Å². The zero-order chi connectivity index (χ0) is 25.9. The van der Waals surface area contributed by atoms with Crippen LogP contribution in [0.1, 0.15) is 60.2 Å². The van der Waals surface area contributed by atoms with E-state index < -0.39 is 0 Å². The lowest BCUT2D eigenvalue weighted by molar-refractivity contribution is -0.117. The van der Waals surface area contributed by atoms with Crippen molar-refractivity contribution in [1.82, 2.24) is 5.32 Å². The monoisotopic (exact) mass is 494 g/mol. The van der Waals surface area contributed by atoms with Crippen LogP contribution in [0, 0.1) is 18.8 Å². The molecule has 3 atom stereocenters. The molecule has 0 saturated heterocycles. The van der Waals surface area contributed by atoms with E-state index >= 15 is 0 Å². The van der Waals surface area contributed by atoms with Gasteiger partial charge in [0.2, 0.25) is 0 Å². The van der Waals surface area contributed by atoms with Gasteiger partial charge in [-0.1, -0.05) is 80.8 Å². The molecular formula is C32H34N2O3. The van der Waals surface area contributed by atoms with Gasteiger partial charge in [0.1, 0.15) is 0 Å². The second-order valence-corrected chi connectivity index (χ2v) is 10.4. The number of amides is 2. The minimum Gasteiger partial charge on any atom is -0.449 e. The molecule has 3 aromatic rings. The van der Waals surface area contributed by atoms with Crippen LogP contribution in [-0.4, -0.2) is 17.9 Å². The summed E-state index contributed by atoms with van der Waals surface area (Å²) in [4.78, 5) is 28.1. The number of para-hydroxylation sites is 2. The summed E-state index contributed by atoms with van der Waals surface area (Å²) in [6.45, 7) is 6.99. The van der Waals surface area contributed by atoms with E-state index in [2.05, 4.69) is 25.2 Å². The molecule has 0 bridgehead atoms. The molecule has 37 heavy (non-hydrogen) atoms. The Hall–Kier alpha value is -3.86. The Morgan fingerprint density at radius 3 is 2.59 bits per heavy atom. The molecule has 1 heterocycles. The first kappa shape index (κ1) is 24.8. The SMILES string of the molecule is Cc1cccc(CN2C(=O)/C(=C\c3ccc(C(=O)NC4CCCC(C)C4C)cc3)Oc3ccccc32)c1. The maximum Gasteiger partial charge on any atom is 0.294 e. The van der Waals surface area contributed by atoms with E-state index in [0.29, 0.717) is 29.7 Å². The molecule has 190 valence electrons. The fourth-order valence-electron chi connectivity index (χ4n) is 5.33. The summed E-state index contributed by atoms with van der Waals surface area (Å²) in [5.41, 5.74) is 4.38. The molecule has 0 aromatic heterocycles. The molecule has 1 N–H and O–H groups in total. The molecule has 1 aliphatic heterocycles. The van der Waals surface area contributed by atoms with Gasteiger partial charge in [-0.25, -0.2) is 0 Å². The number of aryl methyl sites for hydroxylation is 1. The van der Waals surface area contributed by atoms with E-state index in [9.17, 15) is 9.59 Å². The number of hydrogen-bond acceptors (Lipinski definition) is 3. The maximum absolute atomic E-state index is 13.5. The minimum atomic E-state index is -0.192. The number of nitrogens with zero attached hydrogens (tertiary/aromatic N) is 1. The number of carbonyl (C=O) groups is 2. The van der Waals surface area contributed by atoms with Gasteiger partial charge in [-0.3, -0.25) is 14.5 Å². The molecule has 0 spiro atoms. The van der Waals surface area contributed by atoms with Gasteiger partial charge in [0.15, 0.2) is 11.5 Å². The molecule has 2 aliphatic rings.